The fourth-order valence-corrected chi connectivity index (χ4v) is 1.70. The minimum atomic E-state index is -0.306. The van der Waals surface area contributed by atoms with Crippen LogP contribution in [0, 0.1) is 0 Å². The van der Waals surface area contributed by atoms with Crippen LogP contribution < -0.4 is 11.1 Å². The molecular formula is C11H13ClN4O. The predicted octanol–water partition coefficient (Wildman–Crippen LogP) is 0.953. The average Bonchev–Trinajstić information content (AvgIpc) is 2.66. The number of pyridine rings is 1. The Hall–Kier alpha value is -1.59. The van der Waals surface area contributed by atoms with Gasteiger partial charge in [-0.2, -0.15) is 0 Å². The van der Waals surface area contributed by atoms with Gasteiger partial charge in [0.2, 0.25) is 5.91 Å². The number of fused-ring (bicyclic) bond motifs is 1. The molecule has 6 heteroatoms. The van der Waals surface area contributed by atoms with Crippen LogP contribution >= 0.6 is 11.6 Å². The number of carbonyl (C=O) groups is 1. The number of imidazole rings is 1. The van der Waals surface area contributed by atoms with Crippen molar-refractivity contribution in [3.63, 3.8) is 0 Å². The highest BCUT2D eigenvalue weighted by molar-refractivity contribution is 6.30. The molecule has 0 bridgehead atoms. The lowest BCUT2D eigenvalue weighted by atomic mass is 10.4. The number of nitrogens with zero attached hydrogens (tertiary/aromatic N) is 2. The summed E-state index contributed by atoms with van der Waals surface area (Å²) >= 11 is 5.87. The summed E-state index contributed by atoms with van der Waals surface area (Å²) in [6.45, 7) is 1.16. The van der Waals surface area contributed by atoms with Crippen molar-refractivity contribution in [2.24, 2.45) is 5.73 Å². The highest BCUT2D eigenvalue weighted by Gasteiger charge is 2.01. The summed E-state index contributed by atoms with van der Waals surface area (Å²) in [4.78, 5) is 14.9. The number of primary amides is 1. The van der Waals surface area contributed by atoms with Gasteiger partial charge in [0.1, 0.15) is 5.65 Å². The minimum absolute atomic E-state index is 0.306. The Bertz CT molecular complexity index is 537. The van der Waals surface area contributed by atoms with Crippen LogP contribution in [0.1, 0.15) is 12.1 Å². The van der Waals surface area contributed by atoms with Gasteiger partial charge in [-0.25, -0.2) is 4.98 Å². The van der Waals surface area contributed by atoms with Gasteiger partial charge in [0.25, 0.3) is 0 Å². The number of halogens is 1. The van der Waals surface area contributed by atoms with Crippen LogP contribution in [0.2, 0.25) is 5.02 Å². The van der Waals surface area contributed by atoms with Crippen molar-refractivity contribution in [3.8, 4) is 0 Å². The van der Waals surface area contributed by atoms with Crippen molar-refractivity contribution in [2.75, 3.05) is 6.54 Å². The molecule has 0 spiro atoms. The maximum absolute atomic E-state index is 10.5. The molecule has 2 rings (SSSR count). The molecule has 90 valence electrons. The lowest BCUT2D eigenvalue weighted by molar-refractivity contribution is -0.117. The lowest BCUT2D eigenvalue weighted by Crippen LogP contribution is -2.21. The van der Waals surface area contributed by atoms with E-state index in [2.05, 4.69) is 10.3 Å². The quantitative estimate of drug-likeness (QED) is 0.779. The molecule has 0 aliphatic carbocycles. The van der Waals surface area contributed by atoms with Gasteiger partial charge in [0.15, 0.2) is 0 Å². The van der Waals surface area contributed by atoms with Crippen LogP contribution in [0.15, 0.2) is 24.5 Å². The molecule has 0 fully saturated rings. The molecule has 0 unspecified atom stereocenters. The predicted molar refractivity (Wildman–Crippen MR) is 65.7 cm³/mol. The van der Waals surface area contributed by atoms with Gasteiger partial charge >= 0.3 is 0 Å². The van der Waals surface area contributed by atoms with Crippen LogP contribution in [0.5, 0.6) is 0 Å². The fraction of sp³-hybridized carbons (Fsp3) is 0.273. The van der Waals surface area contributed by atoms with Crippen LogP contribution in [0.25, 0.3) is 5.65 Å². The molecule has 5 nitrogen and oxygen atoms in total. The second kappa shape index (κ2) is 5.16. The Morgan fingerprint density at radius 3 is 3.06 bits per heavy atom. The third-order valence-electron chi connectivity index (χ3n) is 2.32. The number of hydrogen-bond acceptors (Lipinski definition) is 3. The lowest BCUT2D eigenvalue weighted by Gasteiger charge is -1.98. The smallest absolute Gasteiger partial charge is 0.218 e. The number of amides is 1. The fourth-order valence-electron chi connectivity index (χ4n) is 1.53. The average molecular weight is 253 g/mol. The topological polar surface area (TPSA) is 72.4 Å². The molecule has 0 saturated carbocycles. The van der Waals surface area contributed by atoms with Crippen LogP contribution in [0.4, 0.5) is 0 Å². The Morgan fingerprint density at radius 2 is 2.29 bits per heavy atom. The number of nitrogens with one attached hydrogen (secondary N) is 1. The van der Waals surface area contributed by atoms with E-state index in [9.17, 15) is 4.79 Å². The first-order valence-electron chi connectivity index (χ1n) is 5.27. The van der Waals surface area contributed by atoms with Gasteiger partial charge in [-0.05, 0) is 12.1 Å². The molecule has 0 radical (unpaired) electrons. The van der Waals surface area contributed by atoms with Crippen LogP contribution in [-0.4, -0.2) is 21.8 Å². The molecule has 0 aliphatic heterocycles. The Balaban J connectivity index is 1.97. The largest absolute Gasteiger partial charge is 0.370 e. The number of rotatable bonds is 5. The molecule has 1 amide bonds. The van der Waals surface area contributed by atoms with E-state index in [0.29, 0.717) is 24.5 Å². The van der Waals surface area contributed by atoms with Gasteiger partial charge in [-0.15, -0.1) is 0 Å². The molecule has 0 aliphatic rings. The first kappa shape index (κ1) is 11.9. The zero-order valence-corrected chi connectivity index (χ0v) is 9.94. The minimum Gasteiger partial charge on any atom is -0.370 e. The van der Waals surface area contributed by atoms with E-state index in [1.165, 1.54) is 0 Å². The number of nitrogens with two attached hydrogens (primary N) is 1. The molecular weight excluding hydrogens is 240 g/mol. The van der Waals surface area contributed by atoms with Crippen molar-refractivity contribution >= 4 is 23.2 Å². The molecule has 3 N–H and O–H groups in total. The summed E-state index contributed by atoms with van der Waals surface area (Å²) in [5.74, 6) is -0.306. The Labute approximate surface area is 104 Å². The summed E-state index contributed by atoms with van der Waals surface area (Å²) in [6.07, 6.45) is 4.04. The van der Waals surface area contributed by atoms with Gasteiger partial charge in [-0.1, -0.05) is 11.6 Å². The third-order valence-corrected chi connectivity index (χ3v) is 2.54. The van der Waals surface area contributed by atoms with E-state index >= 15 is 0 Å². The molecule has 2 aromatic heterocycles. The van der Waals surface area contributed by atoms with E-state index in [4.69, 9.17) is 17.3 Å². The maximum atomic E-state index is 10.5. The maximum Gasteiger partial charge on any atom is 0.218 e. The standard InChI is InChI=1S/C11H13ClN4O/c12-8-1-2-11-15-9(7-16(11)6-8)5-14-4-3-10(13)17/h1-2,6-7,14H,3-5H2,(H2,13,17). The number of carbonyl (C=O) groups excluding carboxylic acids is 1. The molecule has 0 aromatic carbocycles. The van der Waals surface area contributed by atoms with Gasteiger partial charge < -0.3 is 15.5 Å². The molecule has 2 heterocycles. The second-order valence-corrected chi connectivity index (χ2v) is 4.17. The van der Waals surface area contributed by atoms with E-state index in [1.54, 1.807) is 12.3 Å². The second-order valence-electron chi connectivity index (χ2n) is 3.74. The summed E-state index contributed by atoms with van der Waals surface area (Å²) in [5.41, 5.74) is 6.78. The number of hydrogen-bond donors (Lipinski definition) is 2. The van der Waals surface area contributed by atoms with Crippen molar-refractivity contribution in [2.45, 2.75) is 13.0 Å². The van der Waals surface area contributed by atoms with Crippen molar-refractivity contribution in [3.05, 3.63) is 35.2 Å². The Kier molecular flexibility index (Phi) is 3.61. The molecule has 2 aromatic rings. The Morgan fingerprint density at radius 1 is 1.47 bits per heavy atom. The monoisotopic (exact) mass is 252 g/mol. The zero-order chi connectivity index (χ0) is 12.3. The highest BCUT2D eigenvalue weighted by atomic mass is 35.5. The summed E-state index contributed by atoms with van der Waals surface area (Å²) in [5, 5.41) is 3.77. The summed E-state index contributed by atoms with van der Waals surface area (Å²) in [7, 11) is 0. The third kappa shape index (κ3) is 3.18. The first-order chi connectivity index (χ1) is 8.15. The van der Waals surface area contributed by atoms with E-state index in [-0.39, 0.29) is 5.91 Å². The summed E-state index contributed by atoms with van der Waals surface area (Å²) < 4.78 is 1.87. The summed E-state index contributed by atoms with van der Waals surface area (Å²) in [6, 6.07) is 3.66. The highest BCUT2D eigenvalue weighted by Crippen LogP contribution is 2.11. The normalized spacial score (nSPS) is 10.9. The van der Waals surface area contributed by atoms with Gasteiger partial charge in [-0.3, -0.25) is 4.79 Å². The van der Waals surface area contributed by atoms with Gasteiger partial charge in [0, 0.05) is 31.9 Å². The molecule has 17 heavy (non-hydrogen) atoms. The van der Waals surface area contributed by atoms with Crippen molar-refractivity contribution in [1.82, 2.24) is 14.7 Å². The van der Waals surface area contributed by atoms with Crippen molar-refractivity contribution in [1.29, 1.82) is 0 Å². The van der Waals surface area contributed by atoms with Crippen molar-refractivity contribution < 1.29 is 4.79 Å². The molecule has 0 atom stereocenters. The van der Waals surface area contributed by atoms with E-state index in [0.717, 1.165) is 11.3 Å². The van der Waals surface area contributed by atoms with Gasteiger partial charge in [0.05, 0.1) is 10.7 Å². The first-order valence-corrected chi connectivity index (χ1v) is 5.65. The molecule has 0 saturated heterocycles. The van der Waals surface area contributed by atoms with Crippen LogP contribution in [0.3, 0.4) is 0 Å². The SMILES string of the molecule is NC(=O)CCNCc1cn2cc(Cl)ccc2n1. The van der Waals surface area contributed by atoms with E-state index < -0.39 is 0 Å². The number of aromatic nitrogens is 2. The van der Waals surface area contributed by atoms with Crippen LogP contribution in [-0.2, 0) is 11.3 Å². The van der Waals surface area contributed by atoms with E-state index in [1.807, 2.05) is 16.7 Å². The zero-order valence-electron chi connectivity index (χ0n) is 9.19.